The van der Waals surface area contributed by atoms with Gasteiger partial charge in [0.2, 0.25) is 5.91 Å². The van der Waals surface area contributed by atoms with E-state index in [1.54, 1.807) is 46.9 Å². The third kappa shape index (κ3) is 3.81. The lowest BCUT2D eigenvalue weighted by atomic mass is 9.92. The number of hydrogen-bond donors (Lipinski definition) is 1. The highest BCUT2D eigenvalue weighted by Gasteiger charge is 2.47. The lowest BCUT2D eigenvalue weighted by Crippen LogP contribution is -2.37. The van der Waals surface area contributed by atoms with E-state index in [9.17, 15) is 14.7 Å². The number of likely N-dealkylation sites (tertiary alicyclic amines) is 1. The van der Waals surface area contributed by atoms with Crippen molar-refractivity contribution in [2.24, 2.45) is 13.0 Å². The number of carbonyl (C=O) groups excluding carboxylic acids is 1. The molecule has 144 valence electrons. The Morgan fingerprint density at radius 2 is 2.11 bits per heavy atom. The number of benzene rings is 1. The summed E-state index contributed by atoms with van der Waals surface area (Å²) >= 11 is 6.12. The first-order valence-corrected chi connectivity index (χ1v) is 8.95. The maximum Gasteiger partial charge on any atom is 0.320 e. The average molecular weight is 392 g/mol. The van der Waals surface area contributed by atoms with E-state index >= 15 is 0 Å². The Bertz CT molecular complexity index is 855. The summed E-state index contributed by atoms with van der Waals surface area (Å²) in [6, 6.07) is 6.14. The number of aliphatic carboxylic acids is 1. The van der Waals surface area contributed by atoms with Crippen LogP contribution in [0.1, 0.15) is 23.9 Å². The minimum absolute atomic E-state index is 0.126. The summed E-state index contributed by atoms with van der Waals surface area (Å²) in [5.41, 5.74) is 0.833. The predicted molar refractivity (Wildman–Crippen MR) is 99.0 cm³/mol. The number of rotatable bonds is 5. The second-order valence-corrected chi connectivity index (χ2v) is 7.35. The van der Waals surface area contributed by atoms with E-state index in [4.69, 9.17) is 11.6 Å². The smallest absolute Gasteiger partial charge is 0.320 e. The lowest BCUT2D eigenvalue weighted by molar-refractivity contribution is -0.142. The van der Waals surface area contributed by atoms with Crippen molar-refractivity contribution in [1.82, 2.24) is 24.6 Å². The van der Waals surface area contributed by atoms with Crippen LogP contribution in [0, 0.1) is 5.92 Å². The molecule has 0 aliphatic carbocycles. The van der Waals surface area contributed by atoms with Gasteiger partial charge < -0.3 is 14.6 Å². The quantitative estimate of drug-likeness (QED) is 0.831. The van der Waals surface area contributed by atoms with Crippen LogP contribution in [-0.2, 0) is 23.2 Å². The Labute approximate surface area is 162 Å². The highest BCUT2D eigenvalue weighted by Crippen LogP contribution is 2.41. The zero-order valence-corrected chi connectivity index (χ0v) is 16.2. The first-order valence-electron chi connectivity index (χ1n) is 8.57. The molecule has 1 saturated heterocycles. The van der Waals surface area contributed by atoms with Crippen LogP contribution in [0.2, 0.25) is 5.02 Å². The number of halogens is 1. The third-order valence-corrected chi connectivity index (χ3v) is 5.38. The summed E-state index contributed by atoms with van der Waals surface area (Å²) < 4.78 is 1.75. The van der Waals surface area contributed by atoms with Crippen LogP contribution in [0.15, 0.2) is 30.6 Å². The van der Waals surface area contributed by atoms with Gasteiger partial charge in [-0.25, -0.2) is 0 Å². The Morgan fingerprint density at radius 1 is 1.37 bits per heavy atom. The lowest BCUT2D eigenvalue weighted by Gasteiger charge is -2.28. The Balaban J connectivity index is 1.89. The Hall–Kier alpha value is -2.45. The maximum atomic E-state index is 13.2. The number of aromatic nitrogens is 3. The highest BCUT2D eigenvalue weighted by atomic mass is 35.5. The van der Waals surface area contributed by atoms with Crippen molar-refractivity contribution in [1.29, 1.82) is 0 Å². The van der Waals surface area contributed by atoms with Crippen molar-refractivity contribution in [3.05, 3.63) is 47.0 Å². The van der Waals surface area contributed by atoms with Gasteiger partial charge in [-0.3, -0.25) is 14.5 Å². The molecule has 1 amide bonds. The zero-order valence-electron chi connectivity index (χ0n) is 15.4. The van der Waals surface area contributed by atoms with E-state index in [1.807, 2.05) is 19.2 Å². The van der Waals surface area contributed by atoms with Crippen molar-refractivity contribution in [3.8, 4) is 0 Å². The van der Waals surface area contributed by atoms with Gasteiger partial charge in [0.1, 0.15) is 12.4 Å². The molecular formula is C18H22ClN5O3. The summed E-state index contributed by atoms with van der Waals surface area (Å²) in [6.07, 6.45) is 1.82. The fraction of sp³-hybridized carbons (Fsp3) is 0.444. The molecule has 2 aromatic rings. The van der Waals surface area contributed by atoms with Gasteiger partial charge in [-0.15, -0.1) is 10.2 Å². The number of amides is 1. The number of carboxylic acid groups (broad SMARTS) is 1. The number of carboxylic acids is 1. The fourth-order valence-electron chi connectivity index (χ4n) is 3.71. The van der Waals surface area contributed by atoms with Gasteiger partial charge in [-0.1, -0.05) is 23.7 Å². The van der Waals surface area contributed by atoms with Crippen LogP contribution in [0.5, 0.6) is 0 Å². The molecule has 0 saturated carbocycles. The van der Waals surface area contributed by atoms with Gasteiger partial charge in [0.15, 0.2) is 5.82 Å². The van der Waals surface area contributed by atoms with Crippen LogP contribution in [0.25, 0.3) is 0 Å². The summed E-state index contributed by atoms with van der Waals surface area (Å²) in [6.45, 7) is 0.301. The van der Waals surface area contributed by atoms with Crippen LogP contribution >= 0.6 is 11.6 Å². The molecule has 3 rings (SSSR count). The van der Waals surface area contributed by atoms with E-state index in [0.717, 1.165) is 5.56 Å². The molecule has 27 heavy (non-hydrogen) atoms. The summed E-state index contributed by atoms with van der Waals surface area (Å²) in [5, 5.41) is 18.0. The molecule has 3 atom stereocenters. The van der Waals surface area contributed by atoms with Crippen LogP contribution in [0.3, 0.4) is 0 Å². The molecule has 9 heteroatoms. The second-order valence-electron chi connectivity index (χ2n) is 6.91. The van der Waals surface area contributed by atoms with Gasteiger partial charge in [-0.2, -0.15) is 0 Å². The minimum atomic E-state index is -0.934. The number of carbonyl (C=O) groups is 2. The molecule has 0 radical (unpaired) electrons. The Morgan fingerprint density at radius 3 is 2.70 bits per heavy atom. The molecule has 8 nitrogen and oxygen atoms in total. The molecule has 1 fully saturated rings. The van der Waals surface area contributed by atoms with Crippen molar-refractivity contribution < 1.29 is 14.7 Å². The van der Waals surface area contributed by atoms with E-state index in [2.05, 4.69) is 10.2 Å². The van der Waals surface area contributed by atoms with Crippen molar-refractivity contribution in [2.75, 3.05) is 14.1 Å². The van der Waals surface area contributed by atoms with Gasteiger partial charge in [0, 0.05) is 25.2 Å². The van der Waals surface area contributed by atoms with Gasteiger partial charge in [0.05, 0.1) is 12.5 Å². The molecule has 0 unspecified atom stereocenters. The molecular weight excluding hydrogens is 370 g/mol. The molecule has 1 aliphatic heterocycles. The second kappa shape index (κ2) is 7.66. The summed E-state index contributed by atoms with van der Waals surface area (Å²) in [5.74, 6) is -0.895. The van der Waals surface area contributed by atoms with Crippen LogP contribution in [-0.4, -0.2) is 61.7 Å². The zero-order chi connectivity index (χ0) is 19.7. The predicted octanol–water partition coefficient (Wildman–Crippen LogP) is 1.57. The SMILES string of the molecule is CN(Cc1nncn1C)C(=O)[C@H]1C[C@@H](C(=O)O)N(C)[C@H]1c1cccc(Cl)c1. The molecule has 2 heterocycles. The minimum Gasteiger partial charge on any atom is -0.480 e. The standard InChI is InChI=1S/C18H22ClN5O3/c1-22(9-15-21-20-10-23(15)2)17(25)13-8-14(18(26)27)24(3)16(13)11-5-4-6-12(19)7-11/h4-7,10,13-14,16H,8-9H2,1-3H3,(H,26,27)/t13-,14-,16-/m0/s1. The average Bonchev–Trinajstić information content (AvgIpc) is 3.17. The molecule has 1 aromatic carbocycles. The molecule has 1 aromatic heterocycles. The first-order chi connectivity index (χ1) is 12.8. The number of hydrogen-bond acceptors (Lipinski definition) is 5. The maximum absolute atomic E-state index is 13.2. The fourth-order valence-corrected chi connectivity index (χ4v) is 3.90. The summed E-state index contributed by atoms with van der Waals surface area (Å²) in [4.78, 5) is 28.2. The Kier molecular flexibility index (Phi) is 5.48. The molecule has 0 bridgehead atoms. The monoisotopic (exact) mass is 391 g/mol. The van der Waals surface area contributed by atoms with E-state index in [0.29, 0.717) is 17.4 Å². The number of likely N-dealkylation sites (N-methyl/N-ethyl adjacent to an activating group) is 1. The number of nitrogens with zero attached hydrogens (tertiary/aromatic N) is 5. The van der Waals surface area contributed by atoms with Crippen molar-refractivity contribution in [2.45, 2.75) is 25.0 Å². The molecule has 0 spiro atoms. The number of aryl methyl sites for hydroxylation is 1. The van der Waals surface area contributed by atoms with E-state index in [1.165, 1.54) is 0 Å². The molecule has 1 N–H and O–H groups in total. The normalized spacial score (nSPS) is 22.7. The van der Waals surface area contributed by atoms with Crippen LogP contribution in [0.4, 0.5) is 0 Å². The van der Waals surface area contributed by atoms with E-state index < -0.39 is 17.9 Å². The largest absolute Gasteiger partial charge is 0.480 e. The van der Waals surface area contributed by atoms with E-state index in [-0.39, 0.29) is 18.4 Å². The third-order valence-electron chi connectivity index (χ3n) is 5.14. The summed E-state index contributed by atoms with van der Waals surface area (Å²) in [7, 11) is 5.24. The molecule has 1 aliphatic rings. The van der Waals surface area contributed by atoms with Gasteiger partial charge >= 0.3 is 5.97 Å². The van der Waals surface area contributed by atoms with Gasteiger partial charge in [0.25, 0.3) is 0 Å². The van der Waals surface area contributed by atoms with Crippen molar-refractivity contribution >= 4 is 23.5 Å². The van der Waals surface area contributed by atoms with Crippen LogP contribution < -0.4 is 0 Å². The topological polar surface area (TPSA) is 91.6 Å². The van der Waals surface area contributed by atoms with Crippen molar-refractivity contribution in [3.63, 3.8) is 0 Å². The highest BCUT2D eigenvalue weighted by molar-refractivity contribution is 6.30. The van der Waals surface area contributed by atoms with Gasteiger partial charge in [-0.05, 0) is 31.2 Å². The first kappa shape index (κ1) is 19.3.